The zero-order chi connectivity index (χ0) is 15.1. The van der Waals surface area contributed by atoms with Gasteiger partial charge in [0.1, 0.15) is 4.90 Å². The van der Waals surface area contributed by atoms with Gasteiger partial charge in [-0.1, -0.05) is 0 Å². The highest BCUT2D eigenvalue weighted by atomic mass is 32.2. The van der Waals surface area contributed by atoms with E-state index in [0.29, 0.717) is 6.42 Å². The molecule has 1 atom stereocenters. The van der Waals surface area contributed by atoms with Gasteiger partial charge >= 0.3 is 0 Å². The molecule has 1 aliphatic heterocycles. The van der Waals surface area contributed by atoms with Crippen LogP contribution in [0.15, 0.2) is 17.0 Å². The van der Waals surface area contributed by atoms with Gasteiger partial charge < -0.3 is 10.6 Å². The van der Waals surface area contributed by atoms with E-state index in [4.69, 9.17) is 5.73 Å². The maximum atomic E-state index is 13.7. The zero-order valence-electron chi connectivity index (χ0n) is 11.3. The number of nitrogens with zero attached hydrogens (tertiary/aromatic N) is 2. The molecule has 1 aliphatic rings. The Kier molecular flexibility index (Phi) is 3.99. The van der Waals surface area contributed by atoms with Crippen molar-refractivity contribution < 1.29 is 17.2 Å². The van der Waals surface area contributed by atoms with E-state index in [1.54, 1.807) is 0 Å². The minimum Gasteiger partial charge on any atom is -0.399 e. The summed E-state index contributed by atoms with van der Waals surface area (Å²) >= 11 is 0. The number of anilines is 1. The molecule has 0 radical (unpaired) electrons. The number of likely N-dealkylation sites (N-methyl/N-ethyl adjacent to an activating group) is 1. The maximum Gasteiger partial charge on any atom is 0.246 e. The molecule has 2 N–H and O–H groups in total. The molecule has 1 saturated heterocycles. The number of nitrogens with two attached hydrogens (primary N) is 1. The SMILES string of the molecule is CN(C)C1CCN(S(=O)(=O)c2cc(N)cc(F)c2F)C1. The van der Waals surface area contributed by atoms with Gasteiger partial charge in [-0.2, -0.15) is 4.31 Å². The molecule has 1 fully saturated rings. The Morgan fingerprint density at radius 3 is 2.55 bits per heavy atom. The van der Waals surface area contributed by atoms with Gasteiger partial charge in [0, 0.05) is 24.8 Å². The summed E-state index contributed by atoms with van der Waals surface area (Å²) in [4.78, 5) is 1.21. The van der Waals surface area contributed by atoms with Crippen LogP contribution in [0.25, 0.3) is 0 Å². The second kappa shape index (κ2) is 5.27. The van der Waals surface area contributed by atoms with Gasteiger partial charge in [0.05, 0.1) is 0 Å². The van der Waals surface area contributed by atoms with Crippen molar-refractivity contribution in [2.24, 2.45) is 0 Å². The van der Waals surface area contributed by atoms with Gasteiger partial charge in [-0.25, -0.2) is 17.2 Å². The normalized spacial score (nSPS) is 20.8. The predicted octanol–water partition coefficient (Wildman–Crippen LogP) is 0.872. The number of nitrogen functional groups attached to an aromatic ring is 1. The van der Waals surface area contributed by atoms with E-state index >= 15 is 0 Å². The van der Waals surface area contributed by atoms with E-state index in [9.17, 15) is 17.2 Å². The van der Waals surface area contributed by atoms with Crippen LogP contribution in [0.4, 0.5) is 14.5 Å². The Balaban J connectivity index is 2.37. The molecule has 0 bridgehead atoms. The lowest BCUT2D eigenvalue weighted by atomic mass is 10.2. The summed E-state index contributed by atoms with van der Waals surface area (Å²) in [6.45, 7) is 0.534. The van der Waals surface area contributed by atoms with Crippen molar-refractivity contribution in [3.8, 4) is 0 Å². The molecule has 1 aromatic carbocycles. The van der Waals surface area contributed by atoms with Crippen molar-refractivity contribution in [2.45, 2.75) is 17.4 Å². The average molecular weight is 305 g/mol. The van der Waals surface area contributed by atoms with Crippen LogP contribution in [0.3, 0.4) is 0 Å². The number of benzene rings is 1. The summed E-state index contributed by atoms with van der Waals surface area (Å²) < 4.78 is 53.0. The fourth-order valence-corrected chi connectivity index (χ4v) is 3.86. The number of hydrogen-bond acceptors (Lipinski definition) is 4. The van der Waals surface area contributed by atoms with Crippen LogP contribution in [0.5, 0.6) is 0 Å². The maximum absolute atomic E-state index is 13.7. The van der Waals surface area contributed by atoms with Gasteiger partial charge in [-0.3, -0.25) is 0 Å². The smallest absolute Gasteiger partial charge is 0.246 e. The van der Waals surface area contributed by atoms with Crippen molar-refractivity contribution >= 4 is 15.7 Å². The Hall–Kier alpha value is -1.25. The molecular formula is C12H17F2N3O2S. The highest BCUT2D eigenvalue weighted by Gasteiger charge is 2.35. The fraction of sp³-hybridized carbons (Fsp3) is 0.500. The number of sulfonamides is 1. The van der Waals surface area contributed by atoms with E-state index in [1.807, 2.05) is 19.0 Å². The van der Waals surface area contributed by atoms with Crippen LogP contribution in [-0.4, -0.2) is 50.8 Å². The first kappa shape index (κ1) is 15.1. The predicted molar refractivity (Wildman–Crippen MR) is 71.6 cm³/mol. The number of halogens is 2. The topological polar surface area (TPSA) is 66.6 Å². The van der Waals surface area contributed by atoms with Gasteiger partial charge in [0.2, 0.25) is 10.0 Å². The van der Waals surface area contributed by atoms with Crippen molar-refractivity contribution in [3.05, 3.63) is 23.8 Å². The first-order chi connectivity index (χ1) is 9.23. The Morgan fingerprint density at radius 1 is 1.35 bits per heavy atom. The lowest BCUT2D eigenvalue weighted by molar-refractivity contribution is 0.302. The average Bonchev–Trinajstić information content (AvgIpc) is 2.83. The summed E-state index contributed by atoms with van der Waals surface area (Å²) in [6.07, 6.45) is 0.651. The van der Waals surface area contributed by atoms with Gasteiger partial charge in [-0.15, -0.1) is 0 Å². The first-order valence-electron chi connectivity index (χ1n) is 6.14. The van der Waals surface area contributed by atoms with E-state index in [2.05, 4.69) is 0 Å². The third kappa shape index (κ3) is 2.63. The third-order valence-electron chi connectivity index (χ3n) is 3.49. The van der Waals surface area contributed by atoms with E-state index in [1.165, 1.54) is 0 Å². The van der Waals surface area contributed by atoms with Crippen molar-refractivity contribution in [2.75, 3.05) is 32.9 Å². The Labute approximate surface area is 117 Å². The van der Waals surface area contributed by atoms with Crippen LogP contribution in [0.2, 0.25) is 0 Å². The quantitative estimate of drug-likeness (QED) is 0.842. The highest BCUT2D eigenvalue weighted by Crippen LogP contribution is 2.27. The van der Waals surface area contributed by atoms with Crippen LogP contribution in [-0.2, 0) is 10.0 Å². The van der Waals surface area contributed by atoms with Crippen LogP contribution < -0.4 is 5.73 Å². The van der Waals surface area contributed by atoms with Gasteiger partial charge in [0.25, 0.3) is 0 Å². The number of rotatable bonds is 3. The Bertz CT molecular complexity index is 619. The molecule has 1 heterocycles. The molecule has 1 unspecified atom stereocenters. The number of hydrogen-bond donors (Lipinski definition) is 1. The summed E-state index contributed by atoms with van der Waals surface area (Å²) in [5.74, 6) is -2.64. The lowest BCUT2D eigenvalue weighted by Crippen LogP contribution is -2.35. The summed E-state index contributed by atoms with van der Waals surface area (Å²) in [5.41, 5.74) is 5.28. The van der Waals surface area contributed by atoms with Gasteiger partial charge in [0.15, 0.2) is 11.6 Å². The highest BCUT2D eigenvalue weighted by molar-refractivity contribution is 7.89. The fourth-order valence-electron chi connectivity index (χ4n) is 2.26. The zero-order valence-corrected chi connectivity index (χ0v) is 12.1. The minimum absolute atomic E-state index is 0.0683. The minimum atomic E-state index is -4.07. The van der Waals surface area contributed by atoms with Crippen molar-refractivity contribution in [1.29, 1.82) is 0 Å². The first-order valence-corrected chi connectivity index (χ1v) is 7.58. The molecule has 1 aromatic rings. The Morgan fingerprint density at radius 2 is 2.00 bits per heavy atom. The van der Waals surface area contributed by atoms with Gasteiger partial charge in [-0.05, 0) is 32.6 Å². The van der Waals surface area contributed by atoms with Crippen molar-refractivity contribution in [3.63, 3.8) is 0 Å². The molecule has 0 aliphatic carbocycles. The molecule has 112 valence electrons. The van der Waals surface area contributed by atoms with Crippen LogP contribution in [0.1, 0.15) is 6.42 Å². The molecule has 20 heavy (non-hydrogen) atoms. The molecule has 8 heteroatoms. The molecule has 0 aromatic heterocycles. The third-order valence-corrected chi connectivity index (χ3v) is 5.36. The second-order valence-corrected chi connectivity index (χ2v) is 6.99. The van der Waals surface area contributed by atoms with Crippen LogP contribution >= 0.6 is 0 Å². The van der Waals surface area contributed by atoms with E-state index in [0.717, 1.165) is 16.4 Å². The van der Waals surface area contributed by atoms with E-state index < -0.39 is 26.6 Å². The molecule has 0 saturated carbocycles. The van der Waals surface area contributed by atoms with Crippen molar-refractivity contribution in [1.82, 2.24) is 9.21 Å². The summed E-state index contributed by atoms with van der Waals surface area (Å²) in [5, 5.41) is 0. The standard InChI is InChI=1S/C12H17F2N3O2S/c1-16(2)9-3-4-17(7-9)20(18,19)11-6-8(15)5-10(13)12(11)14/h5-6,9H,3-4,7,15H2,1-2H3. The van der Waals surface area contributed by atoms with E-state index in [-0.39, 0.29) is 24.8 Å². The monoisotopic (exact) mass is 305 g/mol. The molecule has 0 amide bonds. The molecule has 2 rings (SSSR count). The summed E-state index contributed by atoms with van der Waals surface area (Å²) in [6, 6.07) is 1.79. The van der Waals surface area contributed by atoms with Crippen LogP contribution in [0, 0.1) is 11.6 Å². The summed E-state index contributed by atoms with van der Waals surface area (Å²) in [7, 11) is -0.372. The largest absolute Gasteiger partial charge is 0.399 e. The molecule has 5 nitrogen and oxygen atoms in total. The molecule has 0 spiro atoms. The second-order valence-electron chi connectivity index (χ2n) is 5.08. The molecular weight excluding hydrogens is 288 g/mol. The lowest BCUT2D eigenvalue weighted by Gasteiger charge is -2.20.